The lowest BCUT2D eigenvalue weighted by Crippen LogP contribution is -2.12. The van der Waals surface area contributed by atoms with Crippen molar-refractivity contribution in [3.63, 3.8) is 0 Å². The average molecular weight is 435 g/mol. The lowest BCUT2D eigenvalue weighted by molar-refractivity contribution is 0.324. The van der Waals surface area contributed by atoms with Crippen LogP contribution in [0.15, 0.2) is 64.5 Å². The molecular weight excluding hydrogens is 412 g/mol. The number of aromatic nitrogens is 1. The Morgan fingerprint density at radius 2 is 1.77 bits per heavy atom. The van der Waals surface area contributed by atoms with Crippen molar-refractivity contribution in [3.05, 3.63) is 70.4 Å². The van der Waals surface area contributed by atoms with E-state index in [1.807, 2.05) is 29.6 Å². The smallest absolute Gasteiger partial charge is 0.206 e. The lowest BCUT2D eigenvalue weighted by Gasteiger charge is -2.14. The maximum Gasteiger partial charge on any atom is 0.206 e. The molecule has 0 amide bonds. The summed E-state index contributed by atoms with van der Waals surface area (Å²) in [6.07, 6.45) is 3.45. The summed E-state index contributed by atoms with van der Waals surface area (Å²) in [5.41, 5.74) is 3.11. The first-order valence-electron chi connectivity index (χ1n) is 9.32. The second-order valence-electron chi connectivity index (χ2n) is 6.24. The third-order valence-electron chi connectivity index (χ3n) is 4.36. The van der Waals surface area contributed by atoms with E-state index in [4.69, 9.17) is 19.5 Å². The van der Waals surface area contributed by atoms with E-state index in [2.05, 4.69) is 22.7 Å². The number of thiazole rings is 1. The van der Waals surface area contributed by atoms with E-state index in [1.54, 1.807) is 50.4 Å². The van der Waals surface area contributed by atoms with Gasteiger partial charge in [0.25, 0.3) is 0 Å². The van der Waals surface area contributed by atoms with Crippen molar-refractivity contribution in [2.75, 3.05) is 27.9 Å². The van der Waals surface area contributed by atoms with Gasteiger partial charge in [0, 0.05) is 10.9 Å². The number of rotatable bonds is 8. The number of nitriles is 1. The van der Waals surface area contributed by atoms with E-state index in [9.17, 15) is 0 Å². The molecule has 8 heteroatoms. The first-order chi connectivity index (χ1) is 15.1. The van der Waals surface area contributed by atoms with Crippen LogP contribution >= 0.6 is 11.3 Å². The van der Waals surface area contributed by atoms with Crippen LogP contribution < -0.4 is 19.0 Å². The second-order valence-corrected chi connectivity index (χ2v) is 7.07. The average Bonchev–Trinajstić information content (AvgIpc) is 3.23. The van der Waals surface area contributed by atoms with Gasteiger partial charge in [-0.2, -0.15) is 10.4 Å². The molecule has 0 unspecified atom stereocenters. The molecule has 7 nitrogen and oxygen atoms in total. The molecule has 0 bridgehead atoms. The highest BCUT2D eigenvalue weighted by Crippen LogP contribution is 2.41. The SMILES string of the molecule is C=CCN=c1scc(-c2cc(OC)c(OC)c(OC)c2)n1N=Cc1ccc(C#N)cc1. The van der Waals surface area contributed by atoms with Crippen LogP contribution in [0.1, 0.15) is 11.1 Å². The highest BCUT2D eigenvalue weighted by Gasteiger charge is 2.16. The van der Waals surface area contributed by atoms with Crippen molar-refractivity contribution in [2.24, 2.45) is 10.1 Å². The molecule has 0 radical (unpaired) electrons. The van der Waals surface area contributed by atoms with Crippen molar-refractivity contribution < 1.29 is 14.2 Å². The van der Waals surface area contributed by atoms with E-state index >= 15 is 0 Å². The number of hydrogen-bond donors (Lipinski definition) is 0. The van der Waals surface area contributed by atoms with E-state index in [1.165, 1.54) is 11.3 Å². The van der Waals surface area contributed by atoms with Gasteiger partial charge in [-0.25, -0.2) is 4.68 Å². The summed E-state index contributed by atoms with van der Waals surface area (Å²) < 4.78 is 18.2. The quantitative estimate of drug-likeness (QED) is 0.395. The molecule has 0 N–H and O–H groups in total. The molecule has 0 aliphatic carbocycles. The van der Waals surface area contributed by atoms with Gasteiger partial charge in [0.1, 0.15) is 0 Å². The second kappa shape index (κ2) is 10.3. The predicted molar refractivity (Wildman–Crippen MR) is 122 cm³/mol. The Morgan fingerprint density at radius 1 is 1.10 bits per heavy atom. The summed E-state index contributed by atoms with van der Waals surface area (Å²) in [5, 5.41) is 15.6. The van der Waals surface area contributed by atoms with Crippen molar-refractivity contribution in [3.8, 4) is 34.6 Å². The zero-order valence-corrected chi connectivity index (χ0v) is 18.3. The number of benzene rings is 2. The fraction of sp³-hybridized carbons (Fsp3) is 0.174. The third kappa shape index (κ3) is 4.85. The highest BCUT2D eigenvalue weighted by molar-refractivity contribution is 7.07. The highest BCUT2D eigenvalue weighted by atomic mass is 32.1. The topological polar surface area (TPSA) is 81.1 Å². The van der Waals surface area contributed by atoms with Crippen LogP contribution in [-0.2, 0) is 0 Å². The van der Waals surface area contributed by atoms with Crippen LogP contribution in [0.2, 0.25) is 0 Å². The van der Waals surface area contributed by atoms with Crippen molar-refractivity contribution in [2.45, 2.75) is 0 Å². The zero-order chi connectivity index (χ0) is 22.2. The predicted octanol–water partition coefficient (Wildman–Crippen LogP) is 4.08. The Labute approximate surface area is 184 Å². The zero-order valence-electron chi connectivity index (χ0n) is 17.5. The Hall–Kier alpha value is -3.83. The van der Waals surface area contributed by atoms with Crippen LogP contribution in [-0.4, -0.2) is 38.8 Å². The van der Waals surface area contributed by atoms with Crippen LogP contribution in [0.3, 0.4) is 0 Å². The van der Waals surface area contributed by atoms with Crippen molar-refractivity contribution in [1.82, 2.24) is 4.68 Å². The van der Waals surface area contributed by atoms with Crippen LogP contribution in [0, 0.1) is 11.3 Å². The van der Waals surface area contributed by atoms with E-state index < -0.39 is 0 Å². The van der Waals surface area contributed by atoms with Gasteiger partial charge in [-0.15, -0.1) is 17.9 Å². The largest absolute Gasteiger partial charge is 0.493 e. The first-order valence-corrected chi connectivity index (χ1v) is 10.2. The molecule has 3 aromatic rings. The molecular formula is C23H22N4O3S. The third-order valence-corrected chi connectivity index (χ3v) is 5.22. The summed E-state index contributed by atoms with van der Waals surface area (Å²) >= 11 is 1.47. The minimum absolute atomic E-state index is 0.474. The molecule has 1 heterocycles. The van der Waals surface area contributed by atoms with Crippen LogP contribution in [0.5, 0.6) is 17.2 Å². The summed E-state index contributed by atoms with van der Waals surface area (Å²) in [4.78, 5) is 5.27. The summed E-state index contributed by atoms with van der Waals surface area (Å²) in [6.45, 7) is 4.21. The van der Waals surface area contributed by atoms with Gasteiger partial charge in [0.05, 0.1) is 51.4 Å². The fourth-order valence-corrected chi connectivity index (χ4v) is 3.70. The number of hydrogen-bond acceptors (Lipinski definition) is 7. The Kier molecular flexibility index (Phi) is 7.25. The van der Waals surface area contributed by atoms with E-state index in [0.29, 0.717) is 34.2 Å². The molecule has 0 aliphatic heterocycles. The summed E-state index contributed by atoms with van der Waals surface area (Å²) in [6, 6.07) is 13.0. The van der Waals surface area contributed by atoms with Crippen molar-refractivity contribution >= 4 is 17.6 Å². The van der Waals surface area contributed by atoms with Gasteiger partial charge >= 0.3 is 0 Å². The number of ether oxygens (including phenoxy) is 3. The standard InChI is InChI=1S/C23H22N4O3S/c1-5-10-25-23-27(26-14-17-8-6-16(13-24)7-9-17)19(15-31-23)18-11-20(28-2)22(30-4)21(12-18)29-3/h5-9,11-12,14-15H,1,10H2,2-4H3. The summed E-state index contributed by atoms with van der Waals surface area (Å²) in [5.74, 6) is 1.62. The van der Waals surface area contributed by atoms with Gasteiger partial charge in [-0.1, -0.05) is 18.2 Å². The molecule has 0 aliphatic rings. The molecule has 31 heavy (non-hydrogen) atoms. The monoisotopic (exact) mass is 434 g/mol. The molecule has 2 aromatic carbocycles. The minimum atomic E-state index is 0.474. The maximum atomic E-state index is 8.98. The van der Waals surface area contributed by atoms with Crippen molar-refractivity contribution in [1.29, 1.82) is 5.26 Å². The first kappa shape index (κ1) is 21.9. The maximum absolute atomic E-state index is 8.98. The van der Waals surface area contributed by atoms with Gasteiger partial charge in [0.2, 0.25) is 10.6 Å². The Bertz CT molecular complexity index is 1180. The fourth-order valence-electron chi connectivity index (χ4n) is 2.86. The van der Waals surface area contributed by atoms with E-state index in [0.717, 1.165) is 16.8 Å². The van der Waals surface area contributed by atoms with E-state index in [-0.39, 0.29) is 0 Å². The Morgan fingerprint density at radius 3 is 2.32 bits per heavy atom. The van der Waals surface area contributed by atoms with Crippen LogP contribution in [0.4, 0.5) is 0 Å². The molecule has 0 saturated carbocycles. The van der Waals surface area contributed by atoms with Gasteiger partial charge < -0.3 is 14.2 Å². The van der Waals surface area contributed by atoms with Gasteiger partial charge in [-0.3, -0.25) is 4.99 Å². The number of methoxy groups -OCH3 is 3. The van der Waals surface area contributed by atoms with Gasteiger partial charge in [-0.05, 0) is 29.8 Å². The molecule has 158 valence electrons. The normalized spacial score (nSPS) is 11.4. The molecule has 0 saturated heterocycles. The van der Waals surface area contributed by atoms with Gasteiger partial charge in [0.15, 0.2) is 11.5 Å². The van der Waals surface area contributed by atoms with Crippen LogP contribution in [0.25, 0.3) is 11.3 Å². The molecule has 1 aromatic heterocycles. The molecule has 3 rings (SSSR count). The Balaban J connectivity index is 2.13. The molecule has 0 atom stereocenters. The number of nitrogens with zero attached hydrogens (tertiary/aromatic N) is 4. The molecule has 0 fully saturated rings. The lowest BCUT2D eigenvalue weighted by atomic mass is 10.1. The minimum Gasteiger partial charge on any atom is -0.493 e. The summed E-state index contributed by atoms with van der Waals surface area (Å²) in [7, 11) is 4.73. The molecule has 0 spiro atoms.